The highest BCUT2D eigenvalue weighted by Gasteiger charge is 2.40. The van der Waals surface area contributed by atoms with E-state index >= 15 is 0 Å². The van der Waals surface area contributed by atoms with Crippen LogP contribution in [0, 0.1) is 5.41 Å². The second kappa shape index (κ2) is 4.68. The van der Waals surface area contributed by atoms with Gasteiger partial charge in [-0.05, 0) is 26.0 Å². The average Bonchev–Trinajstić information content (AvgIpc) is 2.67. The first-order chi connectivity index (χ1) is 9.11. The highest BCUT2D eigenvalue weighted by Crippen LogP contribution is 2.41. The maximum absolute atomic E-state index is 12.9. The summed E-state index contributed by atoms with van der Waals surface area (Å²) in [6, 6.07) is 3.80. The fourth-order valence-corrected chi connectivity index (χ4v) is 2.37. The van der Waals surface area contributed by atoms with E-state index in [9.17, 15) is 18.0 Å². The number of aliphatic carboxylic acids is 1. The number of benzene rings is 1. The largest absolute Gasteiger partial charge is 0.490 e. The van der Waals surface area contributed by atoms with E-state index in [-0.39, 0.29) is 24.2 Å². The van der Waals surface area contributed by atoms with Crippen molar-refractivity contribution in [3.8, 4) is 5.75 Å². The molecule has 1 N–H and O–H groups in total. The summed E-state index contributed by atoms with van der Waals surface area (Å²) in [4.78, 5) is 11.1. The summed E-state index contributed by atoms with van der Waals surface area (Å²) in [5.74, 6) is -0.792. The van der Waals surface area contributed by atoms with Gasteiger partial charge in [0, 0.05) is 18.4 Å². The van der Waals surface area contributed by atoms with Crippen LogP contribution >= 0.6 is 0 Å². The fraction of sp³-hybridized carbons (Fsp3) is 0.500. The van der Waals surface area contributed by atoms with Crippen LogP contribution in [-0.4, -0.2) is 17.2 Å². The van der Waals surface area contributed by atoms with Gasteiger partial charge in [0.1, 0.15) is 11.9 Å². The van der Waals surface area contributed by atoms with Gasteiger partial charge in [-0.25, -0.2) is 0 Å². The van der Waals surface area contributed by atoms with Crippen molar-refractivity contribution in [2.75, 3.05) is 0 Å². The summed E-state index contributed by atoms with van der Waals surface area (Å²) < 4.78 is 44.1. The molecule has 110 valence electrons. The molecular weight excluding hydrogens is 273 g/mol. The molecule has 0 amide bonds. The van der Waals surface area contributed by atoms with E-state index in [4.69, 9.17) is 9.84 Å². The summed E-state index contributed by atoms with van der Waals surface area (Å²) in [6.45, 7) is 3.07. The predicted molar refractivity (Wildman–Crippen MR) is 65.6 cm³/mol. The number of hydrogen-bond acceptors (Lipinski definition) is 2. The summed E-state index contributed by atoms with van der Waals surface area (Å²) in [5.41, 5.74) is -1.62. The molecule has 0 saturated carbocycles. The lowest BCUT2D eigenvalue weighted by Gasteiger charge is -2.22. The maximum atomic E-state index is 12.9. The molecule has 1 atom stereocenters. The van der Waals surface area contributed by atoms with Gasteiger partial charge >= 0.3 is 12.1 Å². The Labute approximate surface area is 114 Å². The predicted octanol–water partition coefficient (Wildman–Crippen LogP) is 3.51. The minimum Gasteiger partial charge on any atom is -0.490 e. The molecule has 1 aromatic rings. The van der Waals surface area contributed by atoms with Gasteiger partial charge in [0.05, 0.1) is 11.0 Å². The number of ether oxygens (including phenoxy) is 1. The molecule has 20 heavy (non-hydrogen) atoms. The van der Waals surface area contributed by atoms with Crippen LogP contribution in [0.4, 0.5) is 13.2 Å². The van der Waals surface area contributed by atoms with Crippen LogP contribution in [0.2, 0.25) is 0 Å². The third-order valence-corrected chi connectivity index (χ3v) is 3.48. The molecule has 3 nitrogen and oxygen atoms in total. The van der Waals surface area contributed by atoms with Gasteiger partial charge in [-0.2, -0.15) is 13.2 Å². The highest BCUT2D eigenvalue weighted by molar-refractivity contribution is 5.73. The third-order valence-electron chi connectivity index (χ3n) is 3.48. The number of rotatable bonds is 3. The first kappa shape index (κ1) is 14.7. The van der Waals surface area contributed by atoms with Crippen molar-refractivity contribution in [2.45, 2.75) is 39.0 Å². The molecule has 1 unspecified atom stereocenters. The van der Waals surface area contributed by atoms with Crippen molar-refractivity contribution in [3.63, 3.8) is 0 Å². The van der Waals surface area contributed by atoms with E-state index in [1.807, 2.05) is 0 Å². The number of fused-ring (bicyclic) bond motifs is 1. The number of hydrogen-bond donors (Lipinski definition) is 1. The molecule has 0 aliphatic carbocycles. The zero-order valence-corrected chi connectivity index (χ0v) is 11.1. The van der Waals surface area contributed by atoms with Crippen LogP contribution in [0.25, 0.3) is 0 Å². The molecule has 0 radical (unpaired) electrons. The zero-order valence-electron chi connectivity index (χ0n) is 11.1. The summed E-state index contributed by atoms with van der Waals surface area (Å²) in [6.07, 6.45) is -4.72. The first-order valence-electron chi connectivity index (χ1n) is 6.20. The molecule has 6 heteroatoms. The molecule has 1 aliphatic rings. The van der Waals surface area contributed by atoms with Crippen molar-refractivity contribution < 1.29 is 27.8 Å². The summed E-state index contributed by atoms with van der Waals surface area (Å²) in [7, 11) is 0. The van der Waals surface area contributed by atoms with Crippen molar-refractivity contribution in [1.82, 2.24) is 0 Å². The first-order valence-corrected chi connectivity index (χ1v) is 6.20. The smallest absolute Gasteiger partial charge is 0.416 e. The lowest BCUT2D eigenvalue weighted by atomic mass is 9.85. The fourth-order valence-electron chi connectivity index (χ4n) is 2.37. The Bertz CT molecular complexity index is 535. The van der Waals surface area contributed by atoms with Crippen molar-refractivity contribution in [3.05, 3.63) is 29.3 Å². The number of alkyl halides is 3. The van der Waals surface area contributed by atoms with Crippen molar-refractivity contribution in [2.24, 2.45) is 5.41 Å². The van der Waals surface area contributed by atoms with E-state index in [2.05, 4.69) is 0 Å². The van der Waals surface area contributed by atoms with E-state index in [1.54, 1.807) is 0 Å². The number of carboxylic acids is 1. The van der Waals surface area contributed by atoms with Crippen LogP contribution in [0.3, 0.4) is 0 Å². The molecule has 0 bridgehead atoms. The number of carbonyl (C=O) groups is 1. The summed E-state index contributed by atoms with van der Waals surface area (Å²) in [5, 5.41) is 9.07. The van der Waals surface area contributed by atoms with E-state index in [0.29, 0.717) is 0 Å². The van der Waals surface area contributed by atoms with Crippen LogP contribution in [0.15, 0.2) is 18.2 Å². The van der Waals surface area contributed by atoms with Crippen LogP contribution < -0.4 is 4.74 Å². The maximum Gasteiger partial charge on any atom is 0.416 e. The molecule has 1 heterocycles. The second-order valence-corrected chi connectivity index (χ2v) is 5.62. The third kappa shape index (κ3) is 2.73. The van der Waals surface area contributed by atoms with Gasteiger partial charge < -0.3 is 9.84 Å². The quantitative estimate of drug-likeness (QED) is 0.925. The monoisotopic (exact) mass is 288 g/mol. The van der Waals surface area contributed by atoms with Gasteiger partial charge in [-0.1, -0.05) is 6.07 Å². The zero-order chi connectivity index (χ0) is 15.1. The molecular formula is C14H15F3O3. The topological polar surface area (TPSA) is 46.5 Å². The lowest BCUT2D eigenvalue weighted by Crippen LogP contribution is -2.30. The van der Waals surface area contributed by atoms with Crippen LogP contribution in [-0.2, 0) is 17.4 Å². The second-order valence-electron chi connectivity index (χ2n) is 5.62. The van der Waals surface area contributed by atoms with E-state index in [1.165, 1.54) is 26.0 Å². The molecule has 0 fully saturated rings. The molecule has 2 rings (SSSR count). The Morgan fingerprint density at radius 1 is 1.40 bits per heavy atom. The standard InChI is InChI=1S/C14H15F3O3/c1-13(2,12(18)19)7-8-6-9-10(14(15,16)17)4-3-5-11(9)20-8/h3-5,8H,6-7H2,1-2H3,(H,18,19). The van der Waals surface area contributed by atoms with E-state index in [0.717, 1.165) is 6.07 Å². The summed E-state index contributed by atoms with van der Waals surface area (Å²) >= 11 is 0. The molecule has 1 aromatic carbocycles. The van der Waals surface area contributed by atoms with Crippen LogP contribution in [0.5, 0.6) is 5.75 Å². The van der Waals surface area contributed by atoms with Crippen LogP contribution in [0.1, 0.15) is 31.4 Å². The van der Waals surface area contributed by atoms with E-state index < -0.39 is 29.2 Å². The number of carboxylic acid groups (broad SMARTS) is 1. The van der Waals surface area contributed by atoms with Gasteiger partial charge in [-0.15, -0.1) is 0 Å². The molecule has 0 saturated heterocycles. The Balaban J connectivity index is 2.22. The Morgan fingerprint density at radius 3 is 2.60 bits per heavy atom. The van der Waals surface area contributed by atoms with Crippen molar-refractivity contribution >= 4 is 5.97 Å². The minimum atomic E-state index is -4.42. The van der Waals surface area contributed by atoms with Gasteiger partial charge in [0.15, 0.2) is 0 Å². The highest BCUT2D eigenvalue weighted by atomic mass is 19.4. The van der Waals surface area contributed by atoms with Gasteiger partial charge in [-0.3, -0.25) is 4.79 Å². The normalized spacial score (nSPS) is 18.6. The van der Waals surface area contributed by atoms with Crippen molar-refractivity contribution in [1.29, 1.82) is 0 Å². The Hall–Kier alpha value is -1.72. The van der Waals surface area contributed by atoms with Gasteiger partial charge in [0.25, 0.3) is 0 Å². The molecule has 0 aromatic heterocycles. The minimum absolute atomic E-state index is 0.0850. The SMILES string of the molecule is CC(C)(CC1Cc2c(cccc2C(F)(F)F)O1)C(=O)O. The average molecular weight is 288 g/mol. The Morgan fingerprint density at radius 2 is 2.05 bits per heavy atom. The molecule has 1 aliphatic heterocycles. The Kier molecular flexibility index (Phi) is 3.44. The molecule has 0 spiro atoms. The number of halogens is 3. The van der Waals surface area contributed by atoms with Gasteiger partial charge in [0.2, 0.25) is 0 Å². The lowest BCUT2D eigenvalue weighted by molar-refractivity contribution is -0.148.